The Labute approximate surface area is 93.4 Å². The SMILES string of the molecule is COc1c([C@@H]2[C@@H](N)C2(C)C)ccc(F)c1F. The number of benzene rings is 1. The molecule has 0 saturated heterocycles. The average Bonchev–Trinajstić information content (AvgIpc) is 2.71. The van der Waals surface area contributed by atoms with E-state index < -0.39 is 11.6 Å². The first-order valence-electron chi connectivity index (χ1n) is 5.18. The van der Waals surface area contributed by atoms with Crippen molar-refractivity contribution in [3.05, 3.63) is 29.3 Å². The zero-order chi connectivity index (χ0) is 12.1. The van der Waals surface area contributed by atoms with Crippen LogP contribution in [0, 0.1) is 17.0 Å². The van der Waals surface area contributed by atoms with Crippen LogP contribution in [0.2, 0.25) is 0 Å². The Balaban J connectivity index is 2.47. The minimum absolute atomic E-state index is 0.0222. The number of rotatable bonds is 2. The number of methoxy groups -OCH3 is 1. The van der Waals surface area contributed by atoms with Crippen LogP contribution in [0.5, 0.6) is 5.75 Å². The summed E-state index contributed by atoms with van der Waals surface area (Å²) in [5.41, 5.74) is 6.48. The Hall–Kier alpha value is -1.16. The zero-order valence-corrected chi connectivity index (χ0v) is 9.55. The van der Waals surface area contributed by atoms with E-state index in [1.807, 2.05) is 13.8 Å². The van der Waals surface area contributed by atoms with Gasteiger partial charge < -0.3 is 10.5 Å². The minimum atomic E-state index is -0.935. The first-order chi connectivity index (χ1) is 7.41. The van der Waals surface area contributed by atoms with E-state index in [1.54, 1.807) is 6.07 Å². The molecule has 0 amide bonds. The summed E-state index contributed by atoms with van der Waals surface area (Å²) in [6.45, 7) is 4.01. The second-order valence-electron chi connectivity index (χ2n) is 4.81. The normalized spacial score (nSPS) is 26.6. The van der Waals surface area contributed by atoms with Crippen LogP contribution in [0.1, 0.15) is 25.3 Å². The molecule has 1 aromatic rings. The fourth-order valence-corrected chi connectivity index (χ4v) is 2.27. The smallest absolute Gasteiger partial charge is 0.200 e. The van der Waals surface area contributed by atoms with Crippen molar-refractivity contribution >= 4 is 0 Å². The first kappa shape index (κ1) is 11.3. The fourth-order valence-electron chi connectivity index (χ4n) is 2.27. The molecule has 1 fully saturated rings. The Morgan fingerprint density at radius 3 is 2.31 bits per heavy atom. The van der Waals surface area contributed by atoms with Crippen LogP contribution < -0.4 is 10.5 Å². The molecule has 0 unspecified atom stereocenters. The highest BCUT2D eigenvalue weighted by molar-refractivity contribution is 5.45. The van der Waals surface area contributed by atoms with Crippen molar-refractivity contribution in [3.8, 4) is 5.75 Å². The van der Waals surface area contributed by atoms with Gasteiger partial charge in [-0.1, -0.05) is 19.9 Å². The highest BCUT2D eigenvalue weighted by atomic mass is 19.2. The van der Waals surface area contributed by atoms with Gasteiger partial charge in [-0.25, -0.2) is 4.39 Å². The lowest BCUT2D eigenvalue weighted by molar-refractivity contribution is 0.365. The summed E-state index contributed by atoms with van der Waals surface area (Å²) in [7, 11) is 1.34. The molecular formula is C12H15F2NO. The maximum absolute atomic E-state index is 13.5. The lowest BCUT2D eigenvalue weighted by atomic mass is 10.0. The summed E-state index contributed by atoms with van der Waals surface area (Å²) in [6.07, 6.45) is 0. The van der Waals surface area contributed by atoms with Crippen molar-refractivity contribution in [3.63, 3.8) is 0 Å². The van der Waals surface area contributed by atoms with E-state index >= 15 is 0 Å². The summed E-state index contributed by atoms with van der Waals surface area (Å²) >= 11 is 0. The van der Waals surface area contributed by atoms with Crippen LogP contribution in [0.3, 0.4) is 0 Å². The molecule has 0 bridgehead atoms. The molecule has 0 heterocycles. The lowest BCUT2D eigenvalue weighted by Gasteiger charge is -2.10. The van der Waals surface area contributed by atoms with Crippen LogP contribution in [-0.4, -0.2) is 13.2 Å². The van der Waals surface area contributed by atoms with Gasteiger partial charge in [0.2, 0.25) is 5.82 Å². The third-order valence-corrected chi connectivity index (χ3v) is 3.53. The third-order valence-electron chi connectivity index (χ3n) is 3.53. The topological polar surface area (TPSA) is 35.2 Å². The number of nitrogens with two attached hydrogens (primary N) is 1. The fraction of sp³-hybridized carbons (Fsp3) is 0.500. The van der Waals surface area contributed by atoms with E-state index in [4.69, 9.17) is 10.5 Å². The summed E-state index contributed by atoms with van der Waals surface area (Å²) in [6, 6.07) is 2.64. The predicted octanol–water partition coefficient (Wildman–Crippen LogP) is 2.42. The van der Waals surface area contributed by atoms with Crippen molar-refractivity contribution in [1.82, 2.24) is 0 Å². The second kappa shape index (κ2) is 3.42. The number of hydrogen-bond acceptors (Lipinski definition) is 2. The molecule has 4 heteroatoms. The molecule has 2 atom stereocenters. The van der Waals surface area contributed by atoms with Crippen molar-refractivity contribution < 1.29 is 13.5 Å². The van der Waals surface area contributed by atoms with Gasteiger partial charge in [-0.2, -0.15) is 4.39 Å². The van der Waals surface area contributed by atoms with Crippen LogP contribution in [0.4, 0.5) is 8.78 Å². The molecule has 0 aliphatic heterocycles. The average molecular weight is 227 g/mol. The van der Waals surface area contributed by atoms with Gasteiger partial charge in [0.25, 0.3) is 0 Å². The summed E-state index contributed by atoms with van der Waals surface area (Å²) in [5.74, 6) is -1.83. The van der Waals surface area contributed by atoms with E-state index in [2.05, 4.69) is 0 Å². The quantitative estimate of drug-likeness (QED) is 0.842. The van der Waals surface area contributed by atoms with Crippen molar-refractivity contribution in [2.45, 2.75) is 25.8 Å². The van der Waals surface area contributed by atoms with Gasteiger partial charge in [0.1, 0.15) is 0 Å². The van der Waals surface area contributed by atoms with Crippen molar-refractivity contribution in [1.29, 1.82) is 0 Å². The standard InChI is InChI=1S/C12H15F2NO/c1-12(2)8(11(12)15)6-4-5-7(13)9(14)10(6)16-3/h4-5,8,11H,15H2,1-3H3/t8-,11-/m1/s1. The molecule has 0 aromatic heterocycles. The molecule has 16 heavy (non-hydrogen) atoms. The van der Waals surface area contributed by atoms with Gasteiger partial charge in [-0.05, 0) is 11.5 Å². The molecule has 2 N–H and O–H groups in total. The van der Waals surface area contributed by atoms with Crippen LogP contribution >= 0.6 is 0 Å². The second-order valence-corrected chi connectivity index (χ2v) is 4.81. The van der Waals surface area contributed by atoms with Crippen LogP contribution in [0.25, 0.3) is 0 Å². The largest absolute Gasteiger partial charge is 0.493 e. The molecule has 1 aromatic carbocycles. The maximum Gasteiger partial charge on any atom is 0.200 e. The molecule has 1 saturated carbocycles. The molecule has 88 valence electrons. The van der Waals surface area contributed by atoms with Crippen molar-refractivity contribution in [2.75, 3.05) is 7.11 Å². The van der Waals surface area contributed by atoms with Gasteiger partial charge in [0, 0.05) is 17.5 Å². The Morgan fingerprint density at radius 2 is 1.88 bits per heavy atom. The summed E-state index contributed by atoms with van der Waals surface area (Å²) in [5, 5.41) is 0. The van der Waals surface area contributed by atoms with Gasteiger partial charge in [0.05, 0.1) is 7.11 Å². The van der Waals surface area contributed by atoms with Crippen LogP contribution in [-0.2, 0) is 0 Å². The summed E-state index contributed by atoms with van der Waals surface area (Å²) < 4.78 is 31.5. The predicted molar refractivity (Wildman–Crippen MR) is 57.4 cm³/mol. The van der Waals surface area contributed by atoms with Crippen LogP contribution in [0.15, 0.2) is 12.1 Å². The van der Waals surface area contributed by atoms with E-state index in [9.17, 15) is 8.78 Å². The molecule has 1 aliphatic rings. The number of ether oxygens (including phenoxy) is 1. The van der Waals surface area contributed by atoms with Gasteiger partial charge in [0.15, 0.2) is 11.6 Å². The van der Waals surface area contributed by atoms with Crippen molar-refractivity contribution in [2.24, 2.45) is 11.1 Å². The van der Waals surface area contributed by atoms with Gasteiger partial charge in [-0.3, -0.25) is 0 Å². The Morgan fingerprint density at radius 1 is 1.31 bits per heavy atom. The monoisotopic (exact) mass is 227 g/mol. The highest BCUT2D eigenvalue weighted by Gasteiger charge is 2.57. The molecule has 2 rings (SSSR count). The van der Waals surface area contributed by atoms with Gasteiger partial charge >= 0.3 is 0 Å². The Bertz CT molecular complexity index is 431. The number of hydrogen-bond donors (Lipinski definition) is 1. The summed E-state index contributed by atoms with van der Waals surface area (Å²) in [4.78, 5) is 0. The Kier molecular flexibility index (Phi) is 2.42. The molecule has 2 nitrogen and oxygen atoms in total. The zero-order valence-electron chi connectivity index (χ0n) is 9.55. The van der Waals surface area contributed by atoms with E-state index in [0.717, 1.165) is 6.07 Å². The molecular weight excluding hydrogens is 212 g/mol. The first-order valence-corrected chi connectivity index (χ1v) is 5.18. The van der Waals surface area contributed by atoms with E-state index in [1.165, 1.54) is 7.11 Å². The lowest BCUT2D eigenvalue weighted by Crippen LogP contribution is -2.06. The third kappa shape index (κ3) is 1.40. The highest BCUT2D eigenvalue weighted by Crippen LogP contribution is 2.59. The maximum atomic E-state index is 13.5. The molecule has 0 radical (unpaired) electrons. The molecule has 1 aliphatic carbocycles. The number of halogens is 2. The van der Waals surface area contributed by atoms with Gasteiger partial charge in [-0.15, -0.1) is 0 Å². The minimum Gasteiger partial charge on any atom is -0.493 e. The molecule has 0 spiro atoms. The van der Waals surface area contributed by atoms with E-state index in [0.29, 0.717) is 5.56 Å². The van der Waals surface area contributed by atoms with E-state index in [-0.39, 0.29) is 23.1 Å².